The Bertz CT molecular complexity index is 393. The van der Waals surface area contributed by atoms with Crippen molar-refractivity contribution in [1.82, 2.24) is 0 Å². The van der Waals surface area contributed by atoms with E-state index in [1.54, 1.807) is 30.3 Å². The fourth-order valence-corrected chi connectivity index (χ4v) is 1.74. The molecule has 0 N–H and O–H groups in total. The number of esters is 2. The molecule has 4 heteroatoms. The Hall–Kier alpha value is -1.68. The van der Waals surface area contributed by atoms with E-state index in [0.29, 0.717) is 31.6 Å². The highest BCUT2D eigenvalue weighted by atomic mass is 16.6. The lowest BCUT2D eigenvalue weighted by Gasteiger charge is -2.19. The first-order valence-electron chi connectivity index (χ1n) is 5.66. The monoisotopic (exact) mass is 234 g/mol. The van der Waals surface area contributed by atoms with Crippen LogP contribution in [-0.2, 0) is 14.3 Å². The van der Waals surface area contributed by atoms with Gasteiger partial charge in [-0.05, 0) is 25.0 Å². The molecule has 1 aromatic carbocycles. The van der Waals surface area contributed by atoms with E-state index in [9.17, 15) is 9.59 Å². The summed E-state index contributed by atoms with van der Waals surface area (Å²) in [5.74, 6) is -1.24. The van der Waals surface area contributed by atoms with Crippen molar-refractivity contribution >= 4 is 11.9 Å². The van der Waals surface area contributed by atoms with Crippen LogP contribution in [0.2, 0.25) is 0 Å². The van der Waals surface area contributed by atoms with E-state index in [-0.39, 0.29) is 5.92 Å². The maximum absolute atomic E-state index is 11.7. The number of hydrogen-bond acceptors (Lipinski definition) is 4. The number of carbonyl (C=O) groups excluding carboxylic acids is 2. The van der Waals surface area contributed by atoms with Crippen LogP contribution >= 0.6 is 0 Å². The third-order valence-corrected chi connectivity index (χ3v) is 2.76. The molecule has 0 amide bonds. The van der Waals surface area contributed by atoms with Gasteiger partial charge in [-0.25, -0.2) is 4.79 Å². The van der Waals surface area contributed by atoms with Gasteiger partial charge in [0.15, 0.2) is 0 Å². The minimum Gasteiger partial charge on any atom is -0.389 e. The van der Waals surface area contributed by atoms with Crippen LogP contribution in [0.5, 0.6) is 0 Å². The molecule has 1 aromatic rings. The highest BCUT2D eigenvalue weighted by Gasteiger charge is 2.25. The highest BCUT2D eigenvalue weighted by molar-refractivity contribution is 5.97. The molecule has 1 saturated heterocycles. The zero-order valence-corrected chi connectivity index (χ0v) is 9.43. The van der Waals surface area contributed by atoms with Crippen molar-refractivity contribution in [3.8, 4) is 0 Å². The van der Waals surface area contributed by atoms with E-state index in [2.05, 4.69) is 0 Å². The normalized spacial score (nSPS) is 16.5. The van der Waals surface area contributed by atoms with Crippen LogP contribution in [0.4, 0.5) is 0 Å². The minimum atomic E-state index is -0.581. The van der Waals surface area contributed by atoms with Crippen molar-refractivity contribution in [3.63, 3.8) is 0 Å². The van der Waals surface area contributed by atoms with Gasteiger partial charge in [0, 0.05) is 13.2 Å². The zero-order chi connectivity index (χ0) is 12.1. The molecule has 1 aliphatic heterocycles. The Morgan fingerprint density at radius 2 is 1.76 bits per heavy atom. The second-order valence-electron chi connectivity index (χ2n) is 3.96. The predicted octanol–water partition coefficient (Wildman–Crippen LogP) is 1.80. The van der Waals surface area contributed by atoms with Gasteiger partial charge in [0.1, 0.15) is 0 Å². The Kier molecular flexibility index (Phi) is 3.88. The predicted molar refractivity (Wildman–Crippen MR) is 60.4 cm³/mol. The van der Waals surface area contributed by atoms with Crippen molar-refractivity contribution in [2.75, 3.05) is 13.2 Å². The molecule has 1 heterocycles. The summed E-state index contributed by atoms with van der Waals surface area (Å²) in [6.45, 7) is 1.11. The lowest BCUT2D eigenvalue weighted by Crippen LogP contribution is -2.27. The summed E-state index contributed by atoms with van der Waals surface area (Å²) in [6, 6.07) is 8.52. The zero-order valence-electron chi connectivity index (χ0n) is 9.43. The molecule has 17 heavy (non-hydrogen) atoms. The first kappa shape index (κ1) is 11.8. The van der Waals surface area contributed by atoms with Crippen molar-refractivity contribution < 1.29 is 19.1 Å². The molecule has 2 rings (SSSR count). The highest BCUT2D eigenvalue weighted by Crippen LogP contribution is 2.17. The van der Waals surface area contributed by atoms with Gasteiger partial charge in [-0.1, -0.05) is 18.2 Å². The Labute approximate surface area is 99.5 Å². The fraction of sp³-hybridized carbons (Fsp3) is 0.385. The number of ether oxygens (including phenoxy) is 2. The standard InChI is InChI=1S/C13H14O4/c14-12(10-4-2-1-3-5-10)17-13(15)11-6-8-16-9-7-11/h1-5,11H,6-9H2. The number of hydrogen-bond donors (Lipinski definition) is 0. The summed E-state index contributed by atoms with van der Waals surface area (Å²) < 4.78 is 9.99. The van der Waals surface area contributed by atoms with Gasteiger partial charge in [-0.15, -0.1) is 0 Å². The quantitative estimate of drug-likeness (QED) is 0.578. The van der Waals surface area contributed by atoms with E-state index < -0.39 is 11.9 Å². The average Bonchev–Trinajstić information content (AvgIpc) is 2.40. The van der Waals surface area contributed by atoms with E-state index in [1.807, 2.05) is 0 Å². The van der Waals surface area contributed by atoms with Crippen LogP contribution in [0, 0.1) is 5.92 Å². The SMILES string of the molecule is O=C(OC(=O)C1CCOCC1)c1ccccc1. The summed E-state index contributed by atoms with van der Waals surface area (Å²) in [4.78, 5) is 23.3. The lowest BCUT2D eigenvalue weighted by atomic mass is 10.0. The molecular formula is C13H14O4. The lowest BCUT2D eigenvalue weighted by molar-refractivity contribution is -0.145. The number of rotatable bonds is 2. The maximum atomic E-state index is 11.7. The summed E-state index contributed by atoms with van der Waals surface area (Å²) in [7, 11) is 0. The summed E-state index contributed by atoms with van der Waals surface area (Å²) in [6.07, 6.45) is 1.25. The fourth-order valence-electron chi connectivity index (χ4n) is 1.74. The summed E-state index contributed by atoms with van der Waals surface area (Å²) in [5.41, 5.74) is 0.396. The van der Waals surface area contributed by atoms with Crippen LogP contribution in [-0.4, -0.2) is 25.2 Å². The molecule has 1 aliphatic rings. The van der Waals surface area contributed by atoms with Crippen LogP contribution in [0.25, 0.3) is 0 Å². The molecule has 0 unspecified atom stereocenters. The van der Waals surface area contributed by atoms with Crippen molar-refractivity contribution in [2.45, 2.75) is 12.8 Å². The van der Waals surface area contributed by atoms with E-state index in [4.69, 9.17) is 9.47 Å². The van der Waals surface area contributed by atoms with Gasteiger partial charge in [-0.3, -0.25) is 4.79 Å². The van der Waals surface area contributed by atoms with Gasteiger partial charge in [-0.2, -0.15) is 0 Å². The van der Waals surface area contributed by atoms with Crippen LogP contribution in [0.1, 0.15) is 23.2 Å². The van der Waals surface area contributed by atoms with Crippen LogP contribution in [0.15, 0.2) is 30.3 Å². The first-order valence-corrected chi connectivity index (χ1v) is 5.66. The van der Waals surface area contributed by atoms with E-state index >= 15 is 0 Å². The second kappa shape index (κ2) is 5.59. The third-order valence-electron chi connectivity index (χ3n) is 2.76. The Balaban J connectivity index is 1.92. The van der Waals surface area contributed by atoms with Crippen LogP contribution < -0.4 is 0 Å². The van der Waals surface area contributed by atoms with E-state index in [0.717, 1.165) is 0 Å². The smallest absolute Gasteiger partial charge is 0.345 e. The molecule has 90 valence electrons. The topological polar surface area (TPSA) is 52.6 Å². The van der Waals surface area contributed by atoms with Gasteiger partial charge in [0.25, 0.3) is 0 Å². The van der Waals surface area contributed by atoms with Crippen molar-refractivity contribution in [3.05, 3.63) is 35.9 Å². The van der Waals surface area contributed by atoms with Crippen molar-refractivity contribution in [2.24, 2.45) is 5.92 Å². The molecule has 0 saturated carbocycles. The van der Waals surface area contributed by atoms with Gasteiger partial charge >= 0.3 is 11.9 Å². The van der Waals surface area contributed by atoms with Gasteiger partial charge in [0.05, 0.1) is 11.5 Å². The van der Waals surface area contributed by atoms with Crippen molar-refractivity contribution in [1.29, 1.82) is 0 Å². The molecule has 0 atom stereocenters. The van der Waals surface area contributed by atoms with Crippen LogP contribution in [0.3, 0.4) is 0 Å². The third kappa shape index (κ3) is 3.14. The Morgan fingerprint density at radius 1 is 1.12 bits per heavy atom. The number of benzene rings is 1. The molecular weight excluding hydrogens is 220 g/mol. The molecule has 4 nitrogen and oxygen atoms in total. The second-order valence-corrected chi connectivity index (χ2v) is 3.96. The molecule has 0 aliphatic carbocycles. The molecule has 1 fully saturated rings. The molecule has 0 spiro atoms. The number of carbonyl (C=O) groups is 2. The molecule has 0 bridgehead atoms. The minimum absolute atomic E-state index is 0.212. The van der Waals surface area contributed by atoms with Gasteiger partial charge in [0.2, 0.25) is 0 Å². The summed E-state index contributed by atoms with van der Waals surface area (Å²) in [5, 5.41) is 0. The summed E-state index contributed by atoms with van der Waals surface area (Å²) >= 11 is 0. The largest absolute Gasteiger partial charge is 0.389 e. The van der Waals surface area contributed by atoms with Gasteiger partial charge < -0.3 is 9.47 Å². The Morgan fingerprint density at radius 3 is 2.41 bits per heavy atom. The maximum Gasteiger partial charge on any atom is 0.345 e. The average molecular weight is 234 g/mol. The molecule has 0 radical (unpaired) electrons. The molecule has 0 aromatic heterocycles. The first-order chi connectivity index (χ1) is 8.27. The van der Waals surface area contributed by atoms with E-state index in [1.165, 1.54) is 0 Å².